The zero-order valence-electron chi connectivity index (χ0n) is 15.6. The van der Waals surface area contributed by atoms with Crippen LogP contribution in [-0.4, -0.2) is 44.3 Å². The van der Waals surface area contributed by atoms with E-state index in [2.05, 4.69) is 5.32 Å². The van der Waals surface area contributed by atoms with Crippen LogP contribution >= 0.6 is 0 Å². The summed E-state index contributed by atoms with van der Waals surface area (Å²) in [6.07, 6.45) is -0.205. The lowest BCUT2D eigenvalue weighted by Crippen LogP contribution is -2.59. The maximum atomic E-state index is 13.6. The molecule has 0 aromatic heterocycles. The maximum Gasteiger partial charge on any atom is 0.318 e. The normalized spacial score (nSPS) is 14.9. The number of para-hydroxylation sites is 1. The number of halogens is 1. The fraction of sp³-hybridized carbons (Fsp3) is 0.350. The van der Waals surface area contributed by atoms with E-state index in [0.29, 0.717) is 24.6 Å². The first-order valence-electron chi connectivity index (χ1n) is 8.70. The summed E-state index contributed by atoms with van der Waals surface area (Å²) in [6, 6.07) is 11.4. The number of nitrogens with zero attached hydrogens (tertiary/aromatic N) is 1. The second-order valence-corrected chi connectivity index (χ2v) is 6.36. The first-order chi connectivity index (χ1) is 13.0. The smallest absolute Gasteiger partial charge is 0.318 e. The third kappa shape index (κ3) is 4.24. The van der Waals surface area contributed by atoms with Crippen LogP contribution in [0.2, 0.25) is 0 Å². The zero-order chi connectivity index (χ0) is 19.4. The molecule has 0 spiro atoms. The Balaban J connectivity index is 1.52. The van der Waals surface area contributed by atoms with E-state index in [0.717, 1.165) is 5.56 Å². The SMILES string of the molecule is COc1ccc(C(C)NC(=O)N2CC(Oc3ccccc3F)C2)cc1OC. The van der Waals surface area contributed by atoms with E-state index >= 15 is 0 Å². The zero-order valence-corrected chi connectivity index (χ0v) is 15.6. The van der Waals surface area contributed by atoms with Crippen molar-refractivity contribution in [2.45, 2.75) is 19.1 Å². The molecule has 2 amide bonds. The molecular weight excluding hydrogens is 351 g/mol. The van der Waals surface area contributed by atoms with Gasteiger partial charge in [0, 0.05) is 0 Å². The number of methoxy groups -OCH3 is 2. The lowest BCUT2D eigenvalue weighted by molar-refractivity contribution is 0.0411. The van der Waals surface area contributed by atoms with E-state index in [-0.39, 0.29) is 23.9 Å². The molecular formula is C20H23FN2O4. The Morgan fingerprint density at radius 3 is 2.48 bits per heavy atom. The molecule has 144 valence electrons. The second kappa shape index (κ2) is 8.16. The summed E-state index contributed by atoms with van der Waals surface area (Å²) in [5.74, 6) is 1.05. The van der Waals surface area contributed by atoms with Crippen molar-refractivity contribution in [2.75, 3.05) is 27.3 Å². The van der Waals surface area contributed by atoms with Crippen LogP contribution in [0.25, 0.3) is 0 Å². The van der Waals surface area contributed by atoms with E-state index < -0.39 is 5.82 Å². The molecule has 3 rings (SSSR count). The predicted octanol–water partition coefficient (Wildman–Crippen LogP) is 3.38. The summed E-state index contributed by atoms with van der Waals surface area (Å²) < 4.78 is 29.7. The van der Waals surface area contributed by atoms with E-state index in [1.165, 1.54) is 6.07 Å². The van der Waals surface area contributed by atoms with Gasteiger partial charge in [0.05, 0.1) is 33.4 Å². The average Bonchev–Trinajstić information content (AvgIpc) is 2.64. The summed E-state index contributed by atoms with van der Waals surface area (Å²) in [5.41, 5.74) is 0.903. The van der Waals surface area contributed by atoms with Gasteiger partial charge in [-0.1, -0.05) is 18.2 Å². The first kappa shape index (κ1) is 18.8. The first-order valence-corrected chi connectivity index (χ1v) is 8.70. The Bertz CT molecular complexity index is 808. The van der Waals surface area contributed by atoms with Gasteiger partial charge in [-0.05, 0) is 36.8 Å². The van der Waals surface area contributed by atoms with Gasteiger partial charge in [0.2, 0.25) is 0 Å². The van der Waals surface area contributed by atoms with Crippen LogP contribution in [0.5, 0.6) is 17.2 Å². The number of likely N-dealkylation sites (tertiary alicyclic amines) is 1. The van der Waals surface area contributed by atoms with Crippen molar-refractivity contribution in [1.29, 1.82) is 0 Å². The van der Waals surface area contributed by atoms with Crippen LogP contribution in [0.1, 0.15) is 18.5 Å². The Hall–Kier alpha value is -2.96. The van der Waals surface area contributed by atoms with Gasteiger partial charge in [0.1, 0.15) is 6.10 Å². The molecule has 27 heavy (non-hydrogen) atoms. The number of urea groups is 1. The number of amides is 2. The van der Waals surface area contributed by atoms with Gasteiger partial charge in [0.25, 0.3) is 0 Å². The van der Waals surface area contributed by atoms with Crippen molar-refractivity contribution >= 4 is 6.03 Å². The molecule has 0 radical (unpaired) electrons. The molecule has 6 nitrogen and oxygen atoms in total. The number of benzene rings is 2. The highest BCUT2D eigenvalue weighted by Gasteiger charge is 2.33. The highest BCUT2D eigenvalue weighted by atomic mass is 19.1. The minimum Gasteiger partial charge on any atom is -0.493 e. The molecule has 1 heterocycles. The van der Waals surface area contributed by atoms with Gasteiger partial charge in [-0.2, -0.15) is 0 Å². The van der Waals surface area contributed by atoms with Crippen molar-refractivity contribution in [1.82, 2.24) is 10.2 Å². The van der Waals surface area contributed by atoms with Crippen LogP contribution in [0.15, 0.2) is 42.5 Å². The predicted molar refractivity (Wildman–Crippen MR) is 98.9 cm³/mol. The molecule has 1 unspecified atom stereocenters. The summed E-state index contributed by atoms with van der Waals surface area (Å²) >= 11 is 0. The third-order valence-corrected chi connectivity index (χ3v) is 4.51. The van der Waals surface area contributed by atoms with Gasteiger partial charge in [-0.25, -0.2) is 9.18 Å². The molecule has 0 bridgehead atoms. The molecule has 7 heteroatoms. The lowest BCUT2D eigenvalue weighted by Gasteiger charge is -2.39. The molecule has 0 saturated carbocycles. The third-order valence-electron chi connectivity index (χ3n) is 4.51. The average molecular weight is 374 g/mol. The Kier molecular flexibility index (Phi) is 5.69. The van der Waals surface area contributed by atoms with Gasteiger partial charge in [-0.15, -0.1) is 0 Å². The summed E-state index contributed by atoms with van der Waals surface area (Å²) in [6.45, 7) is 2.73. The number of carbonyl (C=O) groups excluding carboxylic acids is 1. The van der Waals surface area contributed by atoms with Crippen LogP contribution in [-0.2, 0) is 0 Å². The lowest BCUT2D eigenvalue weighted by atomic mass is 10.1. The second-order valence-electron chi connectivity index (χ2n) is 6.36. The van der Waals surface area contributed by atoms with E-state index in [1.54, 1.807) is 43.4 Å². The van der Waals surface area contributed by atoms with Gasteiger partial charge in [-0.3, -0.25) is 0 Å². The molecule has 1 aliphatic rings. The molecule has 1 saturated heterocycles. The Morgan fingerprint density at radius 1 is 1.11 bits per heavy atom. The largest absolute Gasteiger partial charge is 0.493 e. The van der Waals surface area contributed by atoms with Crippen molar-refractivity contribution in [3.05, 3.63) is 53.8 Å². The van der Waals surface area contributed by atoms with Crippen LogP contribution in [0.3, 0.4) is 0 Å². The number of carbonyl (C=O) groups is 1. The fourth-order valence-electron chi connectivity index (χ4n) is 2.88. The highest BCUT2D eigenvalue weighted by molar-refractivity contribution is 5.75. The van der Waals surface area contributed by atoms with Crippen molar-refractivity contribution in [2.24, 2.45) is 0 Å². The Labute approximate surface area is 157 Å². The van der Waals surface area contributed by atoms with Gasteiger partial charge < -0.3 is 24.4 Å². The number of rotatable bonds is 6. The highest BCUT2D eigenvalue weighted by Crippen LogP contribution is 2.30. The molecule has 2 aromatic rings. The van der Waals surface area contributed by atoms with Crippen molar-refractivity contribution < 1.29 is 23.4 Å². The summed E-state index contributed by atoms with van der Waals surface area (Å²) in [7, 11) is 3.15. The van der Waals surface area contributed by atoms with Crippen LogP contribution in [0, 0.1) is 5.82 Å². The number of ether oxygens (including phenoxy) is 3. The van der Waals surface area contributed by atoms with Gasteiger partial charge >= 0.3 is 6.03 Å². The van der Waals surface area contributed by atoms with Crippen LogP contribution in [0.4, 0.5) is 9.18 Å². The fourth-order valence-corrected chi connectivity index (χ4v) is 2.88. The van der Waals surface area contributed by atoms with E-state index in [1.807, 2.05) is 19.1 Å². The van der Waals surface area contributed by atoms with Crippen molar-refractivity contribution in [3.8, 4) is 17.2 Å². The summed E-state index contributed by atoms with van der Waals surface area (Å²) in [5, 5.41) is 2.94. The molecule has 1 aliphatic heterocycles. The van der Waals surface area contributed by atoms with E-state index in [9.17, 15) is 9.18 Å². The standard InChI is InChI=1S/C20H23FN2O4/c1-13(14-8-9-18(25-2)19(10-14)26-3)22-20(24)23-11-15(12-23)27-17-7-5-4-6-16(17)21/h4-10,13,15H,11-12H2,1-3H3,(H,22,24). The van der Waals surface area contributed by atoms with E-state index in [4.69, 9.17) is 14.2 Å². The van der Waals surface area contributed by atoms with Gasteiger partial charge in [0.15, 0.2) is 23.1 Å². The monoisotopic (exact) mass is 374 g/mol. The topological polar surface area (TPSA) is 60.0 Å². The summed E-state index contributed by atoms with van der Waals surface area (Å²) in [4.78, 5) is 14.0. The quantitative estimate of drug-likeness (QED) is 0.842. The number of nitrogens with one attached hydrogen (secondary N) is 1. The molecule has 1 atom stereocenters. The van der Waals surface area contributed by atoms with Crippen molar-refractivity contribution in [3.63, 3.8) is 0 Å². The van der Waals surface area contributed by atoms with Crippen LogP contribution < -0.4 is 19.5 Å². The molecule has 0 aliphatic carbocycles. The molecule has 2 aromatic carbocycles. The minimum atomic E-state index is -0.400. The Morgan fingerprint density at radius 2 is 1.81 bits per heavy atom. The number of hydrogen-bond acceptors (Lipinski definition) is 4. The maximum absolute atomic E-state index is 13.6. The molecule has 1 N–H and O–H groups in total. The minimum absolute atomic E-state index is 0.189. The molecule has 1 fully saturated rings. The number of hydrogen-bond donors (Lipinski definition) is 1.